The summed E-state index contributed by atoms with van der Waals surface area (Å²) in [5.41, 5.74) is 0.929. The number of hydrogen-bond acceptors (Lipinski definition) is 4. The average Bonchev–Trinajstić information content (AvgIpc) is 2.50. The third-order valence-corrected chi connectivity index (χ3v) is 4.30. The first-order chi connectivity index (χ1) is 10.5. The van der Waals surface area contributed by atoms with Crippen LogP contribution in [-0.4, -0.2) is 16.1 Å². The summed E-state index contributed by atoms with van der Waals surface area (Å²) in [6, 6.07) is 14.3. The van der Waals surface area contributed by atoms with Gasteiger partial charge in [-0.15, -0.1) is 11.8 Å². The third kappa shape index (κ3) is 3.85. The molecule has 0 saturated heterocycles. The molecule has 0 bridgehead atoms. The van der Waals surface area contributed by atoms with Gasteiger partial charge in [-0.25, -0.2) is 0 Å². The van der Waals surface area contributed by atoms with E-state index in [1.807, 2.05) is 30.3 Å². The van der Waals surface area contributed by atoms with E-state index in [0.717, 1.165) is 4.90 Å². The molecule has 0 spiro atoms. The molecule has 0 aromatic heterocycles. The van der Waals surface area contributed by atoms with Gasteiger partial charge in [0.05, 0.1) is 21.4 Å². The Morgan fingerprint density at radius 3 is 2.50 bits per heavy atom. The minimum atomic E-state index is -0.451. The molecule has 1 atom stereocenters. The Morgan fingerprint density at radius 1 is 1.18 bits per heavy atom. The van der Waals surface area contributed by atoms with Gasteiger partial charge in [0.25, 0.3) is 5.69 Å². The normalized spacial score (nSPS) is 11.7. The van der Waals surface area contributed by atoms with Gasteiger partial charge >= 0.3 is 0 Å². The van der Waals surface area contributed by atoms with E-state index >= 15 is 0 Å². The van der Waals surface area contributed by atoms with Crippen molar-refractivity contribution in [2.24, 2.45) is 0 Å². The maximum Gasteiger partial charge on any atom is 0.274 e. The zero-order valence-corrected chi connectivity index (χ0v) is 13.1. The molecule has 1 N–H and O–H groups in total. The maximum absolute atomic E-state index is 12.2. The summed E-state index contributed by atoms with van der Waals surface area (Å²) < 4.78 is 0. The predicted octanol–water partition coefficient (Wildman–Crippen LogP) is 4.02. The van der Waals surface area contributed by atoms with Crippen molar-refractivity contribution in [2.45, 2.75) is 24.0 Å². The molecule has 5 nitrogen and oxygen atoms in total. The van der Waals surface area contributed by atoms with Crippen LogP contribution in [0.4, 0.5) is 11.4 Å². The van der Waals surface area contributed by atoms with Crippen molar-refractivity contribution >= 4 is 29.0 Å². The first-order valence-electron chi connectivity index (χ1n) is 6.75. The van der Waals surface area contributed by atoms with Crippen molar-refractivity contribution in [1.82, 2.24) is 0 Å². The van der Waals surface area contributed by atoms with Crippen LogP contribution in [-0.2, 0) is 4.79 Å². The molecule has 0 unspecified atom stereocenters. The molecule has 2 aromatic rings. The van der Waals surface area contributed by atoms with Gasteiger partial charge in [-0.05, 0) is 32.0 Å². The summed E-state index contributed by atoms with van der Waals surface area (Å²) in [4.78, 5) is 23.7. The second-order valence-corrected chi connectivity index (χ2v) is 6.18. The summed E-state index contributed by atoms with van der Waals surface area (Å²) in [7, 11) is 0. The second kappa shape index (κ2) is 7.09. The molecule has 2 aromatic carbocycles. The molecule has 22 heavy (non-hydrogen) atoms. The summed E-state index contributed by atoms with van der Waals surface area (Å²) >= 11 is 1.44. The number of benzene rings is 2. The maximum atomic E-state index is 12.2. The van der Waals surface area contributed by atoms with E-state index in [1.165, 1.54) is 17.8 Å². The first-order valence-corrected chi connectivity index (χ1v) is 7.63. The lowest BCUT2D eigenvalue weighted by atomic mass is 10.1. The van der Waals surface area contributed by atoms with E-state index in [4.69, 9.17) is 0 Å². The zero-order chi connectivity index (χ0) is 16.1. The smallest absolute Gasteiger partial charge is 0.274 e. The summed E-state index contributed by atoms with van der Waals surface area (Å²) in [6.45, 7) is 3.43. The van der Waals surface area contributed by atoms with Crippen LogP contribution in [0.5, 0.6) is 0 Å². The van der Waals surface area contributed by atoms with Gasteiger partial charge in [0.15, 0.2) is 0 Å². The van der Waals surface area contributed by atoms with Gasteiger partial charge in [-0.3, -0.25) is 14.9 Å². The van der Waals surface area contributed by atoms with E-state index < -0.39 is 4.92 Å². The summed E-state index contributed by atoms with van der Waals surface area (Å²) in [5, 5.41) is 13.4. The first kappa shape index (κ1) is 16.0. The summed E-state index contributed by atoms with van der Waals surface area (Å²) in [5.74, 6) is -0.183. The number of nitrogens with zero attached hydrogens (tertiary/aromatic N) is 1. The molecular formula is C16H16N2O3S. The van der Waals surface area contributed by atoms with Gasteiger partial charge in [0.2, 0.25) is 5.91 Å². The SMILES string of the molecule is Cc1c(NC(=O)[C@H](C)Sc2ccccc2)cccc1[N+](=O)[O-]. The van der Waals surface area contributed by atoms with E-state index in [-0.39, 0.29) is 16.8 Å². The van der Waals surface area contributed by atoms with Crippen LogP contribution in [0.2, 0.25) is 0 Å². The van der Waals surface area contributed by atoms with Crippen LogP contribution in [0, 0.1) is 17.0 Å². The van der Waals surface area contributed by atoms with E-state index in [2.05, 4.69) is 5.32 Å². The van der Waals surface area contributed by atoms with Gasteiger partial charge in [-0.1, -0.05) is 24.3 Å². The molecule has 0 aliphatic carbocycles. The van der Waals surface area contributed by atoms with Crippen LogP contribution >= 0.6 is 11.8 Å². The third-order valence-electron chi connectivity index (χ3n) is 3.19. The zero-order valence-electron chi connectivity index (χ0n) is 12.3. The van der Waals surface area contributed by atoms with Crippen molar-refractivity contribution in [3.63, 3.8) is 0 Å². The highest BCUT2D eigenvalue weighted by atomic mass is 32.2. The molecule has 0 aliphatic rings. The molecule has 114 valence electrons. The van der Waals surface area contributed by atoms with Crippen LogP contribution in [0.25, 0.3) is 0 Å². The molecule has 6 heteroatoms. The average molecular weight is 316 g/mol. The second-order valence-electron chi connectivity index (χ2n) is 4.77. The monoisotopic (exact) mass is 316 g/mol. The Kier molecular flexibility index (Phi) is 5.16. The quantitative estimate of drug-likeness (QED) is 0.513. The number of carbonyl (C=O) groups is 1. The highest BCUT2D eigenvalue weighted by molar-refractivity contribution is 8.00. The molecule has 0 radical (unpaired) electrons. The Balaban J connectivity index is 2.09. The van der Waals surface area contributed by atoms with Crippen molar-refractivity contribution < 1.29 is 9.72 Å². The molecule has 1 amide bonds. The Morgan fingerprint density at radius 2 is 1.86 bits per heavy atom. The number of thioether (sulfide) groups is 1. The number of carbonyl (C=O) groups excluding carboxylic acids is 1. The van der Waals surface area contributed by atoms with Gasteiger partial charge in [0, 0.05) is 11.0 Å². The Hall–Kier alpha value is -2.34. The molecule has 0 saturated carbocycles. The molecule has 0 aliphatic heterocycles. The predicted molar refractivity (Wildman–Crippen MR) is 88.2 cm³/mol. The topological polar surface area (TPSA) is 72.2 Å². The number of nitro groups is 1. The molecular weight excluding hydrogens is 300 g/mol. The van der Waals surface area contributed by atoms with E-state index in [0.29, 0.717) is 11.3 Å². The fraction of sp³-hybridized carbons (Fsp3) is 0.188. The Labute approximate surface area is 132 Å². The molecule has 0 fully saturated rings. The van der Waals surface area contributed by atoms with Crippen LogP contribution in [0.15, 0.2) is 53.4 Å². The van der Waals surface area contributed by atoms with Crippen LogP contribution in [0.1, 0.15) is 12.5 Å². The number of anilines is 1. The van der Waals surface area contributed by atoms with Crippen molar-refractivity contribution in [1.29, 1.82) is 0 Å². The number of rotatable bonds is 5. The number of amides is 1. The lowest BCUT2D eigenvalue weighted by Gasteiger charge is -2.13. The highest BCUT2D eigenvalue weighted by Crippen LogP contribution is 2.27. The fourth-order valence-electron chi connectivity index (χ4n) is 1.95. The minimum absolute atomic E-state index is 0.00108. The fourth-order valence-corrected chi connectivity index (χ4v) is 2.84. The van der Waals surface area contributed by atoms with Crippen LogP contribution < -0.4 is 5.32 Å². The summed E-state index contributed by atoms with van der Waals surface area (Å²) in [6.07, 6.45) is 0. The van der Waals surface area contributed by atoms with E-state index in [9.17, 15) is 14.9 Å². The number of nitro benzene ring substituents is 1. The Bertz CT molecular complexity index is 689. The number of nitrogens with one attached hydrogen (secondary N) is 1. The number of hydrogen-bond donors (Lipinski definition) is 1. The van der Waals surface area contributed by atoms with Crippen molar-refractivity contribution in [3.05, 3.63) is 64.2 Å². The molecule has 2 rings (SSSR count). The van der Waals surface area contributed by atoms with Gasteiger partial charge < -0.3 is 5.32 Å². The lowest BCUT2D eigenvalue weighted by molar-refractivity contribution is -0.385. The minimum Gasteiger partial charge on any atom is -0.325 e. The highest BCUT2D eigenvalue weighted by Gasteiger charge is 2.18. The van der Waals surface area contributed by atoms with Crippen molar-refractivity contribution in [3.8, 4) is 0 Å². The van der Waals surface area contributed by atoms with Gasteiger partial charge in [-0.2, -0.15) is 0 Å². The van der Waals surface area contributed by atoms with Crippen LogP contribution in [0.3, 0.4) is 0 Å². The van der Waals surface area contributed by atoms with Crippen molar-refractivity contribution in [2.75, 3.05) is 5.32 Å². The molecule has 0 heterocycles. The standard InChI is InChI=1S/C16H16N2O3S/c1-11-14(9-6-10-15(11)18(20)21)17-16(19)12(2)22-13-7-4-3-5-8-13/h3-10,12H,1-2H3,(H,17,19)/t12-/m0/s1. The van der Waals surface area contributed by atoms with Gasteiger partial charge in [0.1, 0.15) is 0 Å². The van der Waals surface area contributed by atoms with E-state index in [1.54, 1.807) is 26.0 Å². The lowest BCUT2D eigenvalue weighted by Crippen LogP contribution is -2.22. The largest absolute Gasteiger partial charge is 0.325 e.